The highest BCUT2D eigenvalue weighted by atomic mass is 16.5. The van der Waals surface area contributed by atoms with Gasteiger partial charge in [0.25, 0.3) is 5.91 Å². The average Bonchev–Trinajstić information content (AvgIpc) is 3.36. The summed E-state index contributed by atoms with van der Waals surface area (Å²) < 4.78 is 5.44. The molecule has 3 heterocycles. The van der Waals surface area contributed by atoms with Gasteiger partial charge in [-0.2, -0.15) is 0 Å². The smallest absolute Gasteiger partial charge is 0.290 e. The maximum atomic E-state index is 13.4. The number of para-hydroxylation sites is 1. The van der Waals surface area contributed by atoms with E-state index in [0.29, 0.717) is 12.4 Å². The molecule has 0 radical (unpaired) electrons. The number of imidazole rings is 1. The summed E-state index contributed by atoms with van der Waals surface area (Å²) in [6.07, 6.45) is 2.48. The van der Waals surface area contributed by atoms with E-state index in [1.165, 1.54) is 10.9 Å². The molecule has 5 rings (SSSR count). The van der Waals surface area contributed by atoms with Gasteiger partial charge in [-0.15, -0.1) is 0 Å². The van der Waals surface area contributed by atoms with Crippen LogP contribution in [-0.2, 0) is 6.42 Å². The summed E-state index contributed by atoms with van der Waals surface area (Å²) in [5.74, 6) is 1.04. The number of nitrogens with zero attached hydrogens (tertiary/aromatic N) is 2. The Morgan fingerprint density at radius 2 is 2.03 bits per heavy atom. The fourth-order valence-corrected chi connectivity index (χ4v) is 4.28. The average molecular weight is 386 g/mol. The zero-order valence-corrected chi connectivity index (χ0v) is 16.4. The van der Waals surface area contributed by atoms with Crippen LogP contribution in [0.4, 0.5) is 0 Å². The topological polar surface area (TPSA) is 74.0 Å². The fraction of sp³-hybridized carbons (Fsp3) is 0.217. The first-order valence-corrected chi connectivity index (χ1v) is 9.71. The van der Waals surface area contributed by atoms with Crippen LogP contribution in [0.2, 0.25) is 0 Å². The minimum absolute atomic E-state index is 0.102. The summed E-state index contributed by atoms with van der Waals surface area (Å²) in [4.78, 5) is 26.2. The van der Waals surface area contributed by atoms with Crippen LogP contribution in [0.25, 0.3) is 10.9 Å². The number of methoxy groups -OCH3 is 1. The number of aryl methyl sites for hydroxylation is 1. The van der Waals surface area contributed by atoms with Crippen LogP contribution < -0.4 is 4.74 Å². The van der Waals surface area contributed by atoms with Crippen LogP contribution in [0.3, 0.4) is 0 Å². The first-order valence-electron chi connectivity index (χ1n) is 9.71. The fourth-order valence-electron chi connectivity index (χ4n) is 4.28. The third kappa shape index (κ3) is 2.88. The van der Waals surface area contributed by atoms with Crippen LogP contribution in [-0.4, -0.2) is 39.4 Å². The number of H-pyrrole nitrogens is 2. The van der Waals surface area contributed by atoms with Gasteiger partial charge in [-0.3, -0.25) is 4.79 Å². The lowest BCUT2D eigenvalue weighted by atomic mass is 9.92. The Labute approximate surface area is 168 Å². The molecule has 1 atom stereocenters. The van der Waals surface area contributed by atoms with Gasteiger partial charge < -0.3 is 19.6 Å². The van der Waals surface area contributed by atoms with Gasteiger partial charge in [-0.1, -0.05) is 30.3 Å². The molecule has 0 unspecified atom stereocenters. The highest BCUT2D eigenvalue weighted by Crippen LogP contribution is 2.39. The van der Waals surface area contributed by atoms with Crippen LogP contribution in [0.15, 0.2) is 54.7 Å². The maximum Gasteiger partial charge on any atom is 0.290 e. The van der Waals surface area contributed by atoms with Crippen molar-refractivity contribution >= 4 is 16.8 Å². The highest BCUT2D eigenvalue weighted by Gasteiger charge is 2.36. The zero-order valence-electron chi connectivity index (χ0n) is 16.4. The van der Waals surface area contributed by atoms with Gasteiger partial charge in [-0.25, -0.2) is 4.98 Å². The molecule has 6 heteroatoms. The number of aromatic nitrogens is 3. The predicted molar refractivity (Wildman–Crippen MR) is 111 cm³/mol. The van der Waals surface area contributed by atoms with Gasteiger partial charge in [0.05, 0.1) is 13.2 Å². The Kier molecular flexibility index (Phi) is 4.12. The van der Waals surface area contributed by atoms with Gasteiger partial charge in [-0.05, 0) is 42.7 Å². The summed E-state index contributed by atoms with van der Waals surface area (Å²) in [7, 11) is 1.66. The van der Waals surface area contributed by atoms with E-state index in [4.69, 9.17) is 4.74 Å². The molecule has 1 aliphatic rings. The molecule has 2 aromatic carbocycles. The van der Waals surface area contributed by atoms with E-state index < -0.39 is 0 Å². The van der Waals surface area contributed by atoms with E-state index in [1.54, 1.807) is 13.3 Å². The normalized spacial score (nSPS) is 16.1. The number of benzene rings is 2. The van der Waals surface area contributed by atoms with Crippen LogP contribution in [0.1, 0.15) is 39.2 Å². The number of nitrogens with one attached hydrogen (secondary N) is 2. The summed E-state index contributed by atoms with van der Waals surface area (Å²) in [5, 5.41) is 1.22. The first-order chi connectivity index (χ1) is 14.2. The molecule has 1 aliphatic heterocycles. The summed E-state index contributed by atoms with van der Waals surface area (Å²) in [6, 6.07) is 16.0. The molecule has 4 aromatic rings. The lowest BCUT2D eigenvalue weighted by Gasteiger charge is -2.35. The van der Waals surface area contributed by atoms with Crippen LogP contribution in [0, 0.1) is 6.92 Å². The molecule has 6 nitrogen and oxygen atoms in total. The van der Waals surface area contributed by atoms with Crippen LogP contribution in [0.5, 0.6) is 5.75 Å². The second-order valence-electron chi connectivity index (χ2n) is 7.41. The quantitative estimate of drug-likeness (QED) is 0.559. The minimum atomic E-state index is -0.237. The third-order valence-corrected chi connectivity index (χ3v) is 5.61. The van der Waals surface area contributed by atoms with Crippen molar-refractivity contribution in [2.75, 3.05) is 13.7 Å². The molecule has 0 spiro atoms. The molecule has 1 amide bonds. The van der Waals surface area contributed by atoms with E-state index in [9.17, 15) is 4.79 Å². The van der Waals surface area contributed by atoms with Crippen molar-refractivity contribution in [3.8, 4) is 5.75 Å². The van der Waals surface area contributed by atoms with Crippen molar-refractivity contribution in [1.82, 2.24) is 19.9 Å². The van der Waals surface area contributed by atoms with Crippen molar-refractivity contribution in [1.29, 1.82) is 0 Å². The Morgan fingerprint density at radius 1 is 1.17 bits per heavy atom. The number of carbonyl (C=O) groups excluding carboxylic acids is 1. The second kappa shape index (κ2) is 6.81. The Hall–Kier alpha value is -3.54. The minimum Gasteiger partial charge on any atom is -0.497 e. The zero-order chi connectivity index (χ0) is 20.0. The van der Waals surface area contributed by atoms with E-state index in [0.717, 1.165) is 34.6 Å². The molecular weight excluding hydrogens is 364 g/mol. The highest BCUT2D eigenvalue weighted by molar-refractivity contribution is 5.92. The molecular formula is C23H22N4O2. The van der Waals surface area contributed by atoms with Crippen molar-refractivity contribution in [3.05, 3.63) is 83.1 Å². The molecule has 0 saturated carbocycles. The predicted octanol–water partition coefficient (Wildman–Crippen LogP) is 4.00. The summed E-state index contributed by atoms with van der Waals surface area (Å²) >= 11 is 0. The number of hydrogen-bond acceptors (Lipinski definition) is 3. The van der Waals surface area contributed by atoms with Crippen molar-refractivity contribution in [2.45, 2.75) is 19.4 Å². The SMILES string of the molecule is COc1cccc([C@@H]2c3[nH]c4ccccc4c3CCN2C(=O)c2ncc(C)[nH]2)c1. The number of hydrogen-bond donors (Lipinski definition) is 2. The molecule has 146 valence electrons. The largest absolute Gasteiger partial charge is 0.497 e. The molecule has 0 fully saturated rings. The number of rotatable bonds is 3. The number of carbonyl (C=O) groups is 1. The van der Waals surface area contributed by atoms with Crippen LogP contribution >= 0.6 is 0 Å². The number of amides is 1. The molecule has 0 saturated heterocycles. The van der Waals surface area contributed by atoms with Crippen molar-refractivity contribution < 1.29 is 9.53 Å². The van der Waals surface area contributed by atoms with E-state index >= 15 is 0 Å². The molecule has 29 heavy (non-hydrogen) atoms. The Bertz CT molecular complexity index is 1210. The lowest BCUT2D eigenvalue weighted by molar-refractivity contribution is 0.0680. The van der Waals surface area contributed by atoms with Gasteiger partial charge in [0.2, 0.25) is 0 Å². The number of fused-ring (bicyclic) bond motifs is 3. The van der Waals surface area contributed by atoms with Crippen molar-refractivity contribution in [3.63, 3.8) is 0 Å². The van der Waals surface area contributed by atoms with E-state index in [-0.39, 0.29) is 11.9 Å². The monoisotopic (exact) mass is 386 g/mol. The molecule has 0 aliphatic carbocycles. The maximum absolute atomic E-state index is 13.4. The summed E-state index contributed by atoms with van der Waals surface area (Å²) in [6.45, 7) is 2.52. The third-order valence-electron chi connectivity index (χ3n) is 5.61. The van der Waals surface area contributed by atoms with E-state index in [1.807, 2.05) is 42.2 Å². The Balaban J connectivity index is 1.67. The lowest BCUT2D eigenvalue weighted by Crippen LogP contribution is -2.41. The number of aromatic amines is 2. The van der Waals surface area contributed by atoms with Gasteiger partial charge in [0.15, 0.2) is 5.82 Å². The second-order valence-corrected chi connectivity index (χ2v) is 7.41. The Morgan fingerprint density at radius 3 is 2.83 bits per heavy atom. The summed E-state index contributed by atoms with van der Waals surface area (Å²) in [5.41, 5.74) is 5.30. The standard InChI is InChI=1S/C23H22N4O2/c1-14-13-24-22(25-14)23(28)27-11-10-18-17-8-3-4-9-19(17)26-20(18)21(27)15-6-5-7-16(12-15)29-2/h3-9,12-13,21,26H,10-11H2,1-2H3,(H,24,25)/t21-/m1/s1. The number of ether oxygens (including phenoxy) is 1. The molecule has 2 N–H and O–H groups in total. The van der Waals surface area contributed by atoms with Gasteiger partial charge in [0, 0.05) is 35.0 Å². The molecule has 0 bridgehead atoms. The molecule has 2 aromatic heterocycles. The van der Waals surface area contributed by atoms with Gasteiger partial charge >= 0.3 is 0 Å². The van der Waals surface area contributed by atoms with Crippen molar-refractivity contribution in [2.24, 2.45) is 0 Å². The van der Waals surface area contributed by atoms with E-state index in [2.05, 4.69) is 33.2 Å². The van der Waals surface area contributed by atoms with Gasteiger partial charge in [0.1, 0.15) is 5.75 Å². The first kappa shape index (κ1) is 17.6.